The van der Waals surface area contributed by atoms with E-state index in [2.05, 4.69) is 11.1 Å². The van der Waals surface area contributed by atoms with Crippen LogP contribution in [-0.2, 0) is 21.5 Å². The van der Waals surface area contributed by atoms with Gasteiger partial charge in [-0.05, 0) is 60.4 Å². The maximum atomic E-state index is 14.1. The zero-order chi connectivity index (χ0) is 25.0. The predicted octanol–water partition coefficient (Wildman–Crippen LogP) is 5.23. The van der Waals surface area contributed by atoms with Gasteiger partial charge in [-0.1, -0.05) is 54.1 Å². The van der Waals surface area contributed by atoms with Crippen molar-refractivity contribution in [2.45, 2.75) is 24.8 Å². The molecule has 1 fully saturated rings. The van der Waals surface area contributed by atoms with Crippen LogP contribution in [0.3, 0.4) is 0 Å². The first-order chi connectivity index (χ1) is 17.4. The van der Waals surface area contributed by atoms with Crippen LogP contribution in [0.5, 0.6) is 0 Å². The van der Waals surface area contributed by atoms with Gasteiger partial charge in [0.1, 0.15) is 5.82 Å². The van der Waals surface area contributed by atoms with Crippen LogP contribution in [0, 0.1) is 5.82 Å². The van der Waals surface area contributed by atoms with Gasteiger partial charge in [0, 0.05) is 34.9 Å². The van der Waals surface area contributed by atoms with Crippen LogP contribution in [0.15, 0.2) is 72.8 Å². The Hall–Kier alpha value is -3.64. The largest absolute Gasteiger partial charge is 0.356 e. The molecule has 0 unspecified atom stereocenters. The minimum Gasteiger partial charge on any atom is -0.356 e. The Morgan fingerprint density at radius 1 is 1.06 bits per heavy atom. The Morgan fingerprint density at radius 3 is 2.61 bits per heavy atom. The average Bonchev–Trinajstić information content (AvgIpc) is 3.27. The maximum absolute atomic E-state index is 14.1. The molecule has 4 aromatic rings. The van der Waals surface area contributed by atoms with Crippen LogP contribution in [0.1, 0.15) is 35.2 Å². The lowest BCUT2D eigenvalue weighted by atomic mass is 9.76. The molecule has 1 aromatic heterocycles. The van der Waals surface area contributed by atoms with Gasteiger partial charge in [-0.2, -0.15) is 0 Å². The van der Waals surface area contributed by atoms with E-state index in [0.29, 0.717) is 24.5 Å². The minimum atomic E-state index is -1.16. The van der Waals surface area contributed by atoms with Gasteiger partial charge in [-0.3, -0.25) is 9.59 Å². The van der Waals surface area contributed by atoms with E-state index in [1.807, 2.05) is 55.5 Å². The molecule has 7 heteroatoms. The van der Waals surface area contributed by atoms with E-state index in [0.717, 1.165) is 33.3 Å². The summed E-state index contributed by atoms with van der Waals surface area (Å²) < 4.78 is 13.7. The molecule has 3 heterocycles. The van der Waals surface area contributed by atoms with Gasteiger partial charge in [0.15, 0.2) is 5.54 Å². The fourth-order valence-electron chi connectivity index (χ4n) is 5.81. The third-order valence-electron chi connectivity index (χ3n) is 7.65. The molecule has 0 spiro atoms. The molecule has 3 aromatic carbocycles. The maximum Gasteiger partial charge on any atom is 0.254 e. The van der Waals surface area contributed by atoms with Crippen LogP contribution in [0.2, 0.25) is 5.02 Å². The third kappa shape index (κ3) is 3.51. The predicted molar refractivity (Wildman–Crippen MR) is 137 cm³/mol. The summed E-state index contributed by atoms with van der Waals surface area (Å²) in [7, 11) is 0. The molecular weight excluding hydrogens is 477 g/mol. The van der Waals surface area contributed by atoms with E-state index in [1.165, 1.54) is 12.1 Å². The van der Waals surface area contributed by atoms with Gasteiger partial charge in [-0.25, -0.2) is 4.39 Å². The molecule has 182 valence electrons. The zero-order valence-electron chi connectivity index (χ0n) is 19.8. The molecule has 0 aliphatic carbocycles. The second kappa shape index (κ2) is 8.49. The van der Waals surface area contributed by atoms with Gasteiger partial charge in [0.05, 0.1) is 12.2 Å². The lowest BCUT2D eigenvalue weighted by molar-refractivity contribution is -0.166. The highest BCUT2D eigenvalue weighted by atomic mass is 35.5. The van der Waals surface area contributed by atoms with Crippen molar-refractivity contribution in [1.29, 1.82) is 0 Å². The van der Waals surface area contributed by atoms with E-state index >= 15 is 0 Å². The molecule has 2 atom stereocenters. The van der Waals surface area contributed by atoms with Crippen LogP contribution in [-0.4, -0.2) is 46.2 Å². The topological polar surface area (TPSA) is 56.4 Å². The van der Waals surface area contributed by atoms with Crippen LogP contribution in [0.4, 0.5) is 4.39 Å². The number of rotatable bonds is 4. The highest BCUT2D eigenvalue weighted by Crippen LogP contribution is 2.48. The molecule has 2 aliphatic heterocycles. The van der Waals surface area contributed by atoms with E-state index in [1.54, 1.807) is 15.9 Å². The molecular formula is C29H25ClFN3O2. The summed E-state index contributed by atoms with van der Waals surface area (Å²) in [4.78, 5) is 34.5. The number of nitrogens with zero attached hydrogens (tertiary/aromatic N) is 2. The lowest BCUT2D eigenvalue weighted by Gasteiger charge is -2.51. The normalized spacial score (nSPS) is 21.6. The van der Waals surface area contributed by atoms with Crippen molar-refractivity contribution >= 4 is 34.3 Å². The molecule has 2 aliphatic rings. The first-order valence-corrected chi connectivity index (χ1v) is 12.4. The van der Waals surface area contributed by atoms with Crippen molar-refractivity contribution in [3.63, 3.8) is 0 Å². The first kappa shape index (κ1) is 22.8. The van der Waals surface area contributed by atoms with Crippen molar-refractivity contribution in [3.8, 4) is 0 Å². The van der Waals surface area contributed by atoms with Crippen molar-refractivity contribution in [2.75, 3.05) is 19.6 Å². The van der Waals surface area contributed by atoms with E-state index in [9.17, 15) is 14.0 Å². The number of hydrogen-bond acceptors (Lipinski definition) is 2. The van der Waals surface area contributed by atoms with Crippen molar-refractivity contribution < 1.29 is 14.0 Å². The number of aromatic nitrogens is 1. The number of halogens is 2. The Labute approximate surface area is 213 Å². The lowest BCUT2D eigenvalue weighted by Crippen LogP contribution is -2.67. The summed E-state index contributed by atoms with van der Waals surface area (Å²) in [5.41, 5.74) is 3.40. The number of nitrogens with one attached hydrogen (secondary N) is 1. The Balaban J connectivity index is 1.43. The van der Waals surface area contributed by atoms with Crippen molar-refractivity contribution in [3.05, 3.63) is 106 Å². The van der Waals surface area contributed by atoms with Gasteiger partial charge >= 0.3 is 0 Å². The highest BCUT2D eigenvalue weighted by Gasteiger charge is 2.56. The number of para-hydroxylation sites is 1. The molecule has 6 rings (SSSR count). The summed E-state index contributed by atoms with van der Waals surface area (Å²) in [6.07, 6.45) is 0.472. The third-order valence-corrected chi connectivity index (χ3v) is 7.90. The number of aromatic amines is 1. The SMILES string of the molecule is C[C@]12C(=O)N(CCc3cccc(F)c3)CC(=O)N1C[C@@H](c1ccc(Cl)cc1)c1c2[nH]c2ccccc12. The van der Waals surface area contributed by atoms with Crippen molar-refractivity contribution in [1.82, 2.24) is 14.8 Å². The molecule has 5 nitrogen and oxygen atoms in total. The number of benzene rings is 3. The highest BCUT2D eigenvalue weighted by molar-refractivity contribution is 6.30. The smallest absolute Gasteiger partial charge is 0.254 e. The minimum absolute atomic E-state index is 0.00659. The number of carbonyl (C=O) groups is 2. The Kier molecular flexibility index (Phi) is 5.38. The number of hydrogen-bond donors (Lipinski definition) is 1. The summed E-state index contributed by atoms with van der Waals surface area (Å²) in [6, 6.07) is 22.1. The summed E-state index contributed by atoms with van der Waals surface area (Å²) >= 11 is 6.16. The van der Waals surface area contributed by atoms with Crippen LogP contribution in [0.25, 0.3) is 10.9 Å². The quantitative estimate of drug-likeness (QED) is 0.416. The average molecular weight is 502 g/mol. The van der Waals surface area contributed by atoms with Crippen LogP contribution < -0.4 is 0 Å². The Bertz CT molecular complexity index is 1500. The zero-order valence-corrected chi connectivity index (χ0v) is 20.6. The Morgan fingerprint density at radius 2 is 1.83 bits per heavy atom. The summed E-state index contributed by atoms with van der Waals surface area (Å²) in [6.45, 7) is 2.59. The number of H-pyrrole nitrogens is 1. The summed E-state index contributed by atoms with van der Waals surface area (Å²) in [5, 5.41) is 1.70. The molecule has 0 radical (unpaired) electrons. The summed E-state index contributed by atoms with van der Waals surface area (Å²) in [5.74, 6) is -0.632. The second-order valence-electron chi connectivity index (χ2n) is 9.75. The van der Waals surface area contributed by atoms with E-state index < -0.39 is 5.54 Å². The van der Waals surface area contributed by atoms with Gasteiger partial charge in [0.2, 0.25) is 5.91 Å². The van der Waals surface area contributed by atoms with E-state index in [-0.39, 0.29) is 30.1 Å². The molecule has 1 N–H and O–H groups in total. The van der Waals surface area contributed by atoms with Gasteiger partial charge < -0.3 is 14.8 Å². The standard InChI is InChI=1S/C29H25ClFN3O2/c1-29-27-26(22-7-2-3-8-24(22)32-27)23(19-9-11-20(30)12-10-19)16-34(29)25(35)17-33(28(29)36)14-13-18-5-4-6-21(31)15-18/h2-12,15,23,32H,13-14,16-17H2,1H3/t23-,29-/m0/s1. The van der Waals surface area contributed by atoms with E-state index in [4.69, 9.17) is 11.6 Å². The van der Waals surface area contributed by atoms with Gasteiger partial charge in [0.25, 0.3) is 5.91 Å². The van der Waals surface area contributed by atoms with Crippen LogP contribution >= 0.6 is 11.6 Å². The fourth-order valence-corrected chi connectivity index (χ4v) is 5.93. The molecule has 0 bridgehead atoms. The second-order valence-corrected chi connectivity index (χ2v) is 10.2. The first-order valence-electron chi connectivity index (χ1n) is 12.1. The molecule has 2 amide bonds. The monoisotopic (exact) mass is 501 g/mol. The number of amides is 2. The number of fused-ring (bicyclic) bond motifs is 5. The molecule has 36 heavy (non-hydrogen) atoms. The molecule has 1 saturated heterocycles. The number of carbonyl (C=O) groups excluding carboxylic acids is 2. The number of piperazine rings is 1. The molecule has 0 saturated carbocycles. The fraction of sp³-hybridized carbons (Fsp3) is 0.241. The van der Waals surface area contributed by atoms with Crippen molar-refractivity contribution in [2.24, 2.45) is 0 Å². The van der Waals surface area contributed by atoms with Gasteiger partial charge in [-0.15, -0.1) is 0 Å².